The molecule has 0 saturated heterocycles. The van der Waals surface area contributed by atoms with Crippen LogP contribution in [0.5, 0.6) is 5.75 Å². The van der Waals surface area contributed by atoms with Crippen LogP contribution < -0.4 is 4.74 Å². The van der Waals surface area contributed by atoms with Gasteiger partial charge in [-0.2, -0.15) is 0 Å². The van der Waals surface area contributed by atoms with E-state index in [1.807, 2.05) is 79.9 Å². The Labute approximate surface area is 224 Å². The van der Waals surface area contributed by atoms with Crippen molar-refractivity contribution < 1.29 is 19.4 Å². The Kier molecular flexibility index (Phi) is 7.45. The number of hydrogen-bond donors (Lipinski definition) is 1. The largest absolute Gasteiger partial charge is 0.487 e. The van der Waals surface area contributed by atoms with Crippen LogP contribution in [0.1, 0.15) is 62.8 Å². The van der Waals surface area contributed by atoms with E-state index < -0.39 is 11.4 Å². The molecule has 1 N–H and O–H groups in total. The number of carboxylic acid groups (broad SMARTS) is 1. The van der Waals surface area contributed by atoms with Crippen LogP contribution in [0, 0.1) is 10.8 Å². The van der Waals surface area contributed by atoms with E-state index in [0.717, 1.165) is 33.2 Å². The van der Waals surface area contributed by atoms with E-state index >= 15 is 0 Å². The number of para-hydroxylation sites is 1. The molecule has 2 aromatic carbocycles. The molecular formula is C32H36N2O4. The SMILES string of the molecule is C=CCn1c(CC(C)(C)C(=O)O)c(C(=O)CC(C)(C)C)c2cc(OCc3ccc4ccccc4n3)ccc21. The second kappa shape index (κ2) is 10.4. The number of aromatic nitrogens is 2. The van der Waals surface area contributed by atoms with Crippen LogP contribution in [-0.2, 0) is 24.4 Å². The van der Waals surface area contributed by atoms with Crippen molar-refractivity contribution in [2.24, 2.45) is 10.8 Å². The van der Waals surface area contributed by atoms with Gasteiger partial charge in [0, 0.05) is 46.9 Å². The topological polar surface area (TPSA) is 81.4 Å². The van der Waals surface area contributed by atoms with Crippen molar-refractivity contribution in [3.63, 3.8) is 0 Å². The molecule has 2 aromatic heterocycles. The zero-order chi connectivity index (χ0) is 27.7. The quantitative estimate of drug-likeness (QED) is 0.179. The first-order valence-electron chi connectivity index (χ1n) is 12.9. The third-order valence-corrected chi connectivity index (χ3v) is 6.66. The lowest BCUT2D eigenvalue weighted by Crippen LogP contribution is -2.28. The number of pyridine rings is 1. The summed E-state index contributed by atoms with van der Waals surface area (Å²) in [6.07, 6.45) is 2.32. The van der Waals surface area contributed by atoms with Gasteiger partial charge in [-0.05, 0) is 49.6 Å². The number of carbonyl (C=O) groups excluding carboxylic acids is 1. The van der Waals surface area contributed by atoms with Crippen molar-refractivity contribution in [1.82, 2.24) is 9.55 Å². The highest BCUT2D eigenvalue weighted by Gasteiger charge is 2.33. The summed E-state index contributed by atoms with van der Waals surface area (Å²) < 4.78 is 8.15. The number of ketones is 1. The van der Waals surface area contributed by atoms with Crippen LogP contribution in [0.4, 0.5) is 0 Å². The number of hydrogen-bond acceptors (Lipinski definition) is 4. The third-order valence-electron chi connectivity index (χ3n) is 6.66. The predicted molar refractivity (Wildman–Crippen MR) is 152 cm³/mol. The average molecular weight is 513 g/mol. The number of carboxylic acids is 1. The van der Waals surface area contributed by atoms with Gasteiger partial charge in [-0.15, -0.1) is 6.58 Å². The zero-order valence-corrected chi connectivity index (χ0v) is 22.9. The molecule has 0 atom stereocenters. The van der Waals surface area contributed by atoms with Crippen LogP contribution in [-0.4, -0.2) is 26.4 Å². The fourth-order valence-electron chi connectivity index (χ4n) is 4.72. The smallest absolute Gasteiger partial charge is 0.309 e. The normalized spacial score (nSPS) is 12.1. The van der Waals surface area contributed by atoms with Gasteiger partial charge in [-0.3, -0.25) is 9.59 Å². The fourth-order valence-corrected chi connectivity index (χ4v) is 4.72. The highest BCUT2D eigenvalue weighted by atomic mass is 16.5. The maximum atomic E-state index is 13.7. The predicted octanol–water partition coefficient (Wildman–Crippen LogP) is 7.23. The summed E-state index contributed by atoms with van der Waals surface area (Å²) in [5, 5.41) is 11.7. The average Bonchev–Trinajstić information content (AvgIpc) is 3.13. The number of carbonyl (C=O) groups is 2. The summed E-state index contributed by atoms with van der Waals surface area (Å²) in [7, 11) is 0. The van der Waals surface area contributed by atoms with Crippen molar-refractivity contribution in [2.75, 3.05) is 0 Å². The Morgan fingerprint density at radius 3 is 2.47 bits per heavy atom. The van der Waals surface area contributed by atoms with Gasteiger partial charge >= 0.3 is 5.97 Å². The summed E-state index contributed by atoms with van der Waals surface area (Å²) >= 11 is 0. The first-order valence-corrected chi connectivity index (χ1v) is 12.9. The van der Waals surface area contributed by atoms with Crippen molar-refractivity contribution >= 4 is 33.6 Å². The molecule has 6 heteroatoms. The minimum atomic E-state index is -1.05. The monoisotopic (exact) mass is 512 g/mol. The van der Waals surface area contributed by atoms with Crippen molar-refractivity contribution in [3.05, 3.63) is 84.2 Å². The Morgan fingerprint density at radius 1 is 1.05 bits per heavy atom. The molecule has 0 saturated carbocycles. The lowest BCUT2D eigenvalue weighted by atomic mass is 9.83. The van der Waals surface area contributed by atoms with Gasteiger partial charge in [-0.1, -0.05) is 51.1 Å². The molecular weight excluding hydrogens is 476 g/mol. The van der Waals surface area contributed by atoms with Crippen LogP contribution >= 0.6 is 0 Å². The summed E-state index contributed by atoms with van der Waals surface area (Å²) in [4.78, 5) is 30.5. The van der Waals surface area contributed by atoms with Gasteiger partial charge in [0.25, 0.3) is 0 Å². The van der Waals surface area contributed by atoms with E-state index in [-0.39, 0.29) is 24.2 Å². The molecule has 0 bridgehead atoms. The highest BCUT2D eigenvalue weighted by Crippen LogP contribution is 2.36. The number of aliphatic carboxylic acids is 1. The maximum absolute atomic E-state index is 13.7. The molecule has 0 aliphatic heterocycles. The van der Waals surface area contributed by atoms with Crippen molar-refractivity contribution in [2.45, 2.75) is 60.6 Å². The van der Waals surface area contributed by atoms with Crippen molar-refractivity contribution in [1.29, 1.82) is 0 Å². The molecule has 4 rings (SSSR count). The summed E-state index contributed by atoms with van der Waals surface area (Å²) in [5.74, 6) is -0.291. The molecule has 0 aliphatic rings. The van der Waals surface area contributed by atoms with Gasteiger partial charge in [-0.25, -0.2) is 4.98 Å². The lowest BCUT2D eigenvalue weighted by Gasteiger charge is -2.22. The first-order chi connectivity index (χ1) is 17.9. The summed E-state index contributed by atoms with van der Waals surface area (Å²) in [5.41, 5.74) is 2.59. The van der Waals surface area contributed by atoms with E-state index in [4.69, 9.17) is 4.74 Å². The molecule has 0 aliphatic carbocycles. The Hall–Kier alpha value is -3.93. The Morgan fingerprint density at radius 2 is 1.79 bits per heavy atom. The van der Waals surface area contributed by atoms with Gasteiger partial charge in [0.05, 0.1) is 16.6 Å². The molecule has 0 fully saturated rings. The van der Waals surface area contributed by atoms with Gasteiger partial charge in [0.15, 0.2) is 5.78 Å². The van der Waals surface area contributed by atoms with Crippen LogP contribution in [0.2, 0.25) is 0 Å². The van der Waals surface area contributed by atoms with Gasteiger partial charge in [0.2, 0.25) is 0 Å². The number of rotatable bonds is 10. The molecule has 0 unspecified atom stereocenters. The molecule has 198 valence electrons. The molecule has 4 aromatic rings. The molecule has 0 spiro atoms. The molecule has 0 radical (unpaired) electrons. The van der Waals surface area contributed by atoms with Crippen molar-refractivity contribution in [3.8, 4) is 5.75 Å². The molecule has 2 heterocycles. The number of ether oxygens (including phenoxy) is 1. The number of fused-ring (bicyclic) bond motifs is 2. The summed E-state index contributed by atoms with van der Waals surface area (Å²) in [6, 6.07) is 17.6. The Bertz CT molecular complexity index is 1520. The molecule has 0 amide bonds. The Balaban J connectivity index is 1.78. The second-order valence-electron chi connectivity index (χ2n) is 11.7. The highest BCUT2D eigenvalue weighted by molar-refractivity contribution is 6.10. The van der Waals surface area contributed by atoms with E-state index in [1.54, 1.807) is 19.9 Å². The maximum Gasteiger partial charge on any atom is 0.309 e. The first kappa shape index (κ1) is 27.1. The minimum absolute atomic E-state index is 0.00477. The van der Waals surface area contributed by atoms with Gasteiger partial charge in [0.1, 0.15) is 12.4 Å². The number of nitrogens with zero attached hydrogens (tertiary/aromatic N) is 2. The molecule has 6 nitrogen and oxygen atoms in total. The summed E-state index contributed by atoms with van der Waals surface area (Å²) in [6.45, 7) is 14.1. The number of Topliss-reactive ketones (excluding diaryl/α,β-unsaturated/α-hetero) is 1. The number of allylic oxidation sites excluding steroid dienone is 1. The third kappa shape index (κ3) is 5.80. The lowest BCUT2D eigenvalue weighted by molar-refractivity contribution is -0.146. The van der Waals surface area contributed by atoms with Crippen LogP contribution in [0.15, 0.2) is 67.3 Å². The standard InChI is InChI=1S/C32H36N2O4/c1-7-16-34-26-15-14-23(38-20-22-13-12-21-10-8-9-11-25(21)33-22)17-24(26)29(28(35)19-31(2,3)4)27(34)18-32(5,6)30(36)37/h7-15,17H,1,16,18-20H2,2-6H3,(H,36,37). The van der Waals surface area contributed by atoms with Gasteiger partial charge < -0.3 is 14.4 Å². The number of benzene rings is 2. The fraction of sp³-hybridized carbons (Fsp3) is 0.344. The molecule has 38 heavy (non-hydrogen) atoms. The van der Waals surface area contributed by atoms with Crippen LogP contribution in [0.25, 0.3) is 21.8 Å². The second-order valence-corrected chi connectivity index (χ2v) is 11.7. The van der Waals surface area contributed by atoms with E-state index in [2.05, 4.69) is 11.6 Å². The van der Waals surface area contributed by atoms with Crippen LogP contribution in [0.3, 0.4) is 0 Å². The zero-order valence-electron chi connectivity index (χ0n) is 22.9. The van der Waals surface area contributed by atoms with E-state index in [1.165, 1.54) is 0 Å². The van der Waals surface area contributed by atoms with E-state index in [9.17, 15) is 14.7 Å². The minimum Gasteiger partial charge on any atom is -0.487 e. The van der Waals surface area contributed by atoms with E-state index in [0.29, 0.717) is 24.3 Å².